The smallest absolute Gasteiger partial charge is 0.419 e. The van der Waals surface area contributed by atoms with E-state index in [1.807, 2.05) is 0 Å². The molecule has 2 aliphatic rings. The van der Waals surface area contributed by atoms with Gasteiger partial charge in [-0.3, -0.25) is 14.9 Å². The molecule has 2 heterocycles. The van der Waals surface area contributed by atoms with Crippen molar-refractivity contribution in [1.82, 2.24) is 15.5 Å². The quantitative estimate of drug-likeness (QED) is 0.742. The number of hydrogen-bond acceptors (Lipinski definition) is 4. The molecular formula is C19H22F3N3O4. The van der Waals surface area contributed by atoms with Crippen LogP contribution in [0.25, 0.3) is 0 Å². The van der Waals surface area contributed by atoms with Gasteiger partial charge in [-0.25, -0.2) is 4.79 Å². The molecule has 2 N–H and O–H groups in total. The average Bonchev–Trinajstić information content (AvgIpc) is 2.93. The number of alkyl halides is 3. The Hall–Kier alpha value is -2.78. The summed E-state index contributed by atoms with van der Waals surface area (Å²) in [7, 11) is 0. The normalized spacial score (nSPS) is 26.0. The number of urea groups is 1. The number of piperidine rings is 1. The van der Waals surface area contributed by atoms with Crippen molar-refractivity contribution < 1.29 is 32.3 Å². The van der Waals surface area contributed by atoms with Crippen molar-refractivity contribution >= 4 is 17.8 Å². The molecule has 29 heavy (non-hydrogen) atoms. The topological polar surface area (TPSA) is 87.7 Å². The number of likely N-dealkylation sites (tertiary alicyclic amines) is 1. The number of rotatable bonds is 4. The molecule has 0 spiro atoms. The van der Waals surface area contributed by atoms with Gasteiger partial charge in [-0.05, 0) is 38.8 Å². The summed E-state index contributed by atoms with van der Waals surface area (Å²) >= 11 is 0. The van der Waals surface area contributed by atoms with Crippen LogP contribution in [-0.2, 0) is 15.8 Å². The predicted octanol–water partition coefficient (Wildman–Crippen LogP) is 2.31. The summed E-state index contributed by atoms with van der Waals surface area (Å²) in [5.74, 6) is -1.66. The molecule has 0 saturated carbocycles. The third kappa shape index (κ3) is 4.15. The number of nitrogens with zero attached hydrogens (tertiary/aromatic N) is 1. The molecule has 2 saturated heterocycles. The van der Waals surface area contributed by atoms with Crippen molar-refractivity contribution in [2.45, 2.75) is 44.5 Å². The summed E-state index contributed by atoms with van der Waals surface area (Å²) < 4.78 is 44.8. The molecule has 10 heteroatoms. The van der Waals surface area contributed by atoms with E-state index in [1.165, 1.54) is 30.0 Å². The van der Waals surface area contributed by atoms with E-state index in [9.17, 15) is 27.6 Å². The van der Waals surface area contributed by atoms with E-state index in [0.717, 1.165) is 6.07 Å². The lowest BCUT2D eigenvalue weighted by Crippen LogP contribution is -2.57. The number of benzene rings is 1. The minimum atomic E-state index is -4.60. The Morgan fingerprint density at radius 1 is 1.31 bits per heavy atom. The van der Waals surface area contributed by atoms with Gasteiger partial charge in [-0.15, -0.1) is 0 Å². The van der Waals surface area contributed by atoms with Gasteiger partial charge in [0.05, 0.1) is 5.56 Å². The summed E-state index contributed by atoms with van der Waals surface area (Å²) in [4.78, 5) is 38.0. The number of carbonyl (C=O) groups excluding carboxylic acids is 3. The Morgan fingerprint density at radius 2 is 2.00 bits per heavy atom. The largest absolute Gasteiger partial charge is 0.480 e. The highest BCUT2D eigenvalue weighted by Gasteiger charge is 2.49. The Labute approximate surface area is 165 Å². The second-order valence-electron chi connectivity index (χ2n) is 7.49. The fourth-order valence-corrected chi connectivity index (χ4v) is 3.79. The summed E-state index contributed by atoms with van der Waals surface area (Å²) in [5.41, 5.74) is -2.09. The Balaban J connectivity index is 1.71. The lowest BCUT2D eigenvalue weighted by molar-refractivity contribution is -0.145. The van der Waals surface area contributed by atoms with Crippen LogP contribution in [0.3, 0.4) is 0 Å². The highest BCUT2D eigenvalue weighted by atomic mass is 19.4. The third-order valence-corrected chi connectivity index (χ3v) is 5.47. The molecule has 0 aromatic heterocycles. The molecule has 0 unspecified atom stereocenters. The number of para-hydroxylation sites is 1. The molecule has 1 aromatic rings. The lowest BCUT2D eigenvalue weighted by Gasteiger charge is -2.40. The molecule has 3 atom stereocenters. The monoisotopic (exact) mass is 413 g/mol. The van der Waals surface area contributed by atoms with Gasteiger partial charge >= 0.3 is 12.2 Å². The van der Waals surface area contributed by atoms with E-state index in [0.29, 0.717) is 19.4 Å². The maximum absolute atomic E-state index is 13.1. The van der Waals surface area contributed by atoms with E-state index in [1.54, 1.807) is 6.92 Å². The Morgan fingerprint density at radius 3 is 2.62 bits per heavy atom. The van der Waals surface area contributed by atoms with Crippen molar-refractivity contribution in [3.8, 4) is 5.75 Å². The van der Waals surface area contributed by atoms with Gasteiger partial charge in [-0.2, -0.15) is 13.2 Å². The number of amides is 4. The van der Waals surface area contributed by atoms with Crippen LogP contribution in [0.2, 0.25) is 0 Å². The van der Waals surface area contributed by atoms with E-state index in [-0.39, 0.29) is 12.5 Å². The van der Waals surface area contributed by atoms with Gasteiger partial charge < -0.3 is 15.0 Å². The van der Waals surface area contributed by atoms with Crippen LogP contribution in [0, 0.1) is 5.92 Å². The maximum Gasteiger partial charge on any atom is 0.419 e. The van der Waals surface area contributed by atoms with Crippen molar-refractivity contribution in [2.24, 2.45) is 5.92 Å². The van der Waals surface area contributed by atoms with Gasteiger partial charge in [-0.1, -0.05) is 12.1 Å². The second-order valence-corrected chi connectivity index (χ2v) is 7.49. The number of hydrogen-bond donors (Lipinski definition) is 2. The van der Waals surface area contributed by atoms with E-state index in [4.69, 9.17) is 4.74 Å². The molecule has 158 valence electrons. The Bertz CT molecular complexity index is 829. The first kappa shape index (κ1) is 20.9. The fourth-order valence-electron chi connectivity index (χ4n) is 3.79. The molecule has 7 nitrogen and oxygen atoms in total. The number of imide groups is 1. The molecule has 2 fully saturated rings. The molecular weight excluding hydrogens is 391 g/mol. The lowest BCUT2D eigenvalue weighted by atomic mass is 9.80. The highest BCUT2D eigenvalue weighted by Crippen LogP contribution is 2.36. The maximum atomic E-state index is 13.1. The van der Waals surface area contributed by atoms with Gasteiger partial charge in [0.1, 0.15) is 11.3 Å². The number of carbonyl (C=O) groups is 3. The summed E-state index contributed by atoms with van der Waals surface area (Å²) in [5, 5.41) is 4.81. The van der Waals surface area contributed by atoms with Crippen molar-refractivity contribution in [2.75, 3.05) is 13.1 Å². The van der Waals surface area contributed by atoms with Crippen LogP contribution in [-0.4, -0.2) is 47.5 Å². The van der Waals surface area contributed by atoms with E-state index < -0.39 is 47.0 Å². The first-order chi connectivity index (χ1) is 13.5. The van der Waals surface area contributed by atoms with E-state index >= 15 is 0 Å². The average molecular weight is 413 g/mol. The van der Waals surface area contributed by atoms with Crippen molar-refractivity contribution in [3.63, 3.8) is 0 Å². The zero-order valence-electron chi connectivity index (χ0n) is 16.0. The van der Waals surface area contributed by atoms with Crippen molar-refractivity contribution in [1.29, 1.82) is 0 Å². The molecule has 3 rings (SSSR count). The van der Waals surface area contributed by atoms with Gasteiger partial charge in [0.15, 0.2) is 6.10 Å². The first-order valence-corrected chi connectivity index (χ1v) is 9.27. The van der Waals surface area contributed by atoms with Gasteiger partial charge in [0.2, 0.25) is 0 Å². The molecule has 2 aliphatic heterocycles. The van der Waals surface area contributed by atoms with Crippen LogP contribution in [0.5, 0.6) is 5.75 Å². The highest BCUT2D eigenvalue weighted by molar-refractivity contribution is 6.07. The van der Waals surface area contributed by atoms with E-state index in [2.05, 4.69) is 10.6 Å². The third-order valence-electron chi connectivity index (χ3n) is 5.47. The van der Waals surface area contributed by atoms with Gasteiger partial charge in [0, 0.05) is 19.0 Å². The van der Waals surface area contributed by atoms with Crippen LogP contribution >= 0.6 is 0 Å². The summed E-state index contributed by atoms with van der Waals surface area (Å²) in [6.45, 7) is 3.59. The van der Waals surface area contributed by atoms with Crippen molar-refractivity contribution in [3.05, 3.63) is 29.8 Å². The SMILES string of the molecule is C[C@H](Oc1ccccc1C(F)(F)F)C(=O)N1CCC[C@@H]([C@]2(C)NC(=O)NC2=O)C1. The predicted molar refractivity (Wildman–Crippen MR) is 95.9 cm³/mol. The van der Waals surface area contributed by atoms with Crippen LogP contribution in [0.15, 0.2) is 24.3 Å². The molecule has 0 radical (unpaired) electrons. The van der Waals surface area contributed by atoms with Crippen LogP contribution < -0.4 is 15.4 Å². The zero-order chi connectivity index (χ0) is 21.4. The van der Waals surface area contributed by atoms with Gasteiger partial charge in [0.25, 0.3) is 11.8 Å². The summed E-state index contributed by atoms with van der Waals surface area (Å²) in [6, 6.07) is 4.14. The molecule has 0 bridgehead atoms. The molecule has 1 aromatic carbocycles. The second kappa shape index (κ2) is 7.57. The van der Waals surface area contributed by atoms with Crippen LogP contribution in [0.4, 0.5) is 18.0 Å². The number of halogens is 3. The molecule has 0 aliphatic carbocycles. The summed E-state index contributed by atoms with van der Waals surface area (Å²) in [6.07, 6.45) is -4.52. The first-order valence-electron chi connectivity index (χ1n) is 9.27. The number of nitrogens with one attached hydrogen (secondary N) is 2. The standard InChI is InChI=1S/C19H22F3N3O4/c1-11(29-14-8-4-3-7-13(14)19(20,21)22)15(26)25-9-5-6-12(10-25)18(2)16(27)23-17(28)24-18/h3-4,7-8,11-12H,5-6,9-10H2,1-2H3,(H2,23,24,27,28)/t11-,12+,18-/m0/s1. The zero-order valence-corrected chi connectivity index (χ0v) is 16.0. The minimum Gasteiger partial charge on any atom is -0.480 e. The Kier molecular flexibility index (Phi) is 5.46. The fraction of sp³-hybridized carbons (Fsp3) is 0.526. The molecule has 4 amide bonds. The van der Waals surface area contributed by atoms with Crippen LogP contribution in [0.1, 0.15) is 32.3 Å². The minimum absolute atomic E-state index is 0.192. The number of ether oxygens (including phenoxy) is 1.